The van der Waals surface area contributed by atoms with Gasteiger partial charge in [-0.3, -0.25) is 4.79 Å². The summed E-state index contributed by atoms with van der Waals surface area (Å²) in [6.45, 7) is 0.485. The number of carbonyl (C=O) groups excluding carboxylic acids is 1. The molecule has 3 rings (SSSR count). The van der Waals surface area contributed by atoms with Crippen LogP contribution in [-0.4, -0.2) is 12.5 Å². The molecule has 0 unspecified atom stereocenters. The van der Waals surface area contributed by atoms with E-state index in [0.29, 0.717) is 37.3 Å². The number of rotatable bonds is 8. The van der Waals surface area contributed by atoms with Gasteiger partial charge in [-0.1, -0.05) is 60.7 Å². The summed E-state index contributed by atoms with van der Waals surface area (Å²) >= 11 is 0. The van der Waals surface area contributed by atoms with E-state index in [9.17, 15) is 4.79 Å². The highest BCUT2D eigenvalue weighted by atomic mass is 16.5. The molecular weight excluding hydrogens is 348 g/mol. The highest BCUT2D eigenvalue weighted by molar-refractivity contribution is 5.92. The molecule has 0 aromatic heterocycles. The summed E-state index contributed by atoms with van der Waals surface area (Å²) in [6, 6.07) is 27.6. The Kier molecular flexibility index (Phi) is 6.81. The summed E-state index contributed by atoms with van der Waals surface area (Å²) in [4.78, 5) is 12.4. The first-order valence-electron chi connectivity index (χ1n) is 9.28. The predicted molar refractivity (Wildman–Crippen MR) is 111 cm³/mol. The largest absolute Gasteiger partial charge is 0.493 e. The maximum absolute atomic E-state index is 12.4. The Balaban J connectivity index is 1.55. The highest BCUT2D eigenvalue weighted by Gasteiger charge is 2.06. The molecule has 0 fully saturated rings. The van der Waals surface area contributed by atoms with E-state index in [4.69, 9.17) is 10.00 Å². The van der Waals surface area contributed by atoms with Gasteiger partial charge in [0.1, 0.15) is 5.75 Å². The third-order valence-electron chi connectivity index (χ3n) is 4.25. The summed E-state index contributed by atoms with van der Waals surface area (Å²) in [5, 5.41) is 11.5. The Morgan fingerprint density at radius 1 is 0.929 bits per heavy atom. The van der Waals surface area contributed by atoms with Crippen LogP contribution in [0.2, 0.25) is 0 Å². The molecule has 0 spiro atoms. The standard InChI is InChI=1S/C24H22N2O2/c25-15-4-5-16-28-23-10-6-9-22(18-23)26-24(27)17-19-11-13-21(14-12-19)20-7-2-1-3-8-20/h1-3,6-14,18H,4-5,16-17H2,(H,26,27). The number of carbonyl (C=O) groups is 1. The molecule has 0 saturated heterocycles. The summed E-state index contributed by atoms with van der Waals surface area (Å²) in [7, 11) is 0. The lowest BCUT2D eigenvalue weighted by atomic mass is 10.0. The molecule has 1 amide bonds. The quantitative estimate of drug-likeness (QED) is 0.553. The zero-order chi connectivity index (χ0) is 19.6. The van der Waals surface area contributed by atoms with Gasteiger partial charge in [0.25, 0.3) is 0 Å². The van der Waals surface area contributed by atoms with Crippen LogP contribution in [0.3, 0.4) is 0 Å². The molecule has 0 atom stereocenters. The van der Waals surface area contributed by atoms with E-state index in [1.807, 2.05) is 60.7 Å². The van der Waals surface area contributed by atoms with Crippen LogP contribution in [0.4, 0.5) is 5.69 Å². The van der Waals surface area contributed by atoms with Gasteiger partial charge in [0.2, 0.25) is 5.91 Å². The van der Waals surface area contributed by atoms with Gasteiger partial charge in [-0.25, -0.2) is 0 Å². The second-order valence-corrected chi connectivity index (χ2v) is 6.43. The molecule has 0 bridgehead atoms. The Morgan fingerprint density at radius 3 is 2.43 bits per heavy atom. The lowest BCUT2D eigenvalue weighted by molar-refractivity contribution is -0.115. The molecule has 4 nitrogen and oxygen atoms in total. The molecule has 3 aromatic rings. The van der Waals surface area contributed by atoms with Crippen LogP contribution in [0.25, 0.3) is 11.1 Å². The minimum Gasteiger partial charge on any atom is -0.493 e. The number of amides is 1. The monoisotopic (exact) mass is 370 g/mol. The van der Waals surface area contributed by atoms with Crippen LogP contribution in [-0.2, 0) is 11.2 Å². The molecule has 3 aromatic carbocycles. The second-order valence-electron chi connectivity index (χ2n) is 6.43. The first-order valence-corrected chi connectivity index (χ1v) is 9.28. The molecule has 0 aliphatic rings. The smallest absolute Gasteiger partial charge is 0.228 e. The molecule has 0 heterocycles. The molecule has 0 saturated carbocycles. The third kappa shape index (κ3) is 5.72. The van der Waals surface area contributed by atoms with Crippen LogP contribution < -0.4 is 10.1 Å². The Hall–Kier alpha value is -3.58. The van der Waals surface area contributed by atoms with Crippen molar-refractivity contribution in [2.45, 2.75) is 19.3 Å². The topological polar surface area (TPSA) is 62.1 Å². The number of benzene rings is 3. The van der Waals surface area contributed by atoms with Gasteiger partial charge in [-0.2, -0.15) is 5.26 Å². The van der Waals surface area contributed by atoms with Gasteiger partial charge >= 0.3 is 0 Å². The fourth-order valence-electron chi connectivity index (χ4n) is 2.84. The molecular formula is C24H22N2O2. The number of unbranched alkanes of at least 4 members (excludes halogenated alkanes) is 1. The predicted octanol–water partition coefficient (Wildman–Crippen LogP) is 5.22. The van der Waals surface area contributed by atoms with Crippen molar-refractivity contribution in [3.8, 4) is 22.9 Å². The van der Waals surface area contributed by atoms with Crippen molar-refractivity contribution in [3.63, 3.8) is 0 Å². The number of hydrogen-bond donors (Lipinski definition) is 1. The molecule has 4 heteroatoms. The number of anilines is 1. The third-order valence-corrected chi connectivity index (χ3v) is 4.25. The maximum Gasteiger partial charge on any atom is 0.228 e. The van der Waals surface area contributed by atoms with Crippen LogP contribution in [0, 0.1) is 11.3 Å². The summed E-state index contributed by atoms with van der Waals surface area (Å²) in [5.41, 5.74) is 3.95. The first kappa shape index (κ1) is 19.2. The van der Waals surface area contributed by atoms with E-state index in [2.05, 4.69) is 23.5 Å². The highest BCUT2D eigenvalue weighted by Crippen LogP contribution is 2.20. The van der Waals surface area contributed by atoms with E-state index >= 15 is 0 Å². The lowest BCUT2D eigenvalue weighted by Crippen LogP contribution is -2.14. The molecule has 1 N–H and O–H groups in total. The molecule has 140 valence electrons. The Labute approximate surface area is 165 Å². The van der Waals surface area contributed by atoms with Crippen molar-refractivity contribution in [1.29, 1.82) is 5.26 Å². The van der Waals surface area contributed by atoms with E-state index in [0.717, 1.165) is 16.7 Å². The molecule has 28 heavy (non-hydrogen) atoms. The van der Waals surface area contributed by atoms with Gasteiger partial charge in [-0.05, 0) is 35.2 Å². The van der Waals surface area contributed by atoms with E-state index in [1.165, 1.54) is 0 Å². The number of ether oxygens (including phenoxy) is 1. The average Bonchev–Trinajstić information content (AvgIpc) is 2.73. The summed E-state index contributed by atoms with van der Waals surface area (Å²) < 4.78 is 5.60. The average molecular weight is 370 g/mol. The molecule has 0 radical (unpaired) electrons. The SMILES string of the molecule is N#CCCCOc1cccc(NC(=O)Cc2ccc(-c3ccccc3)cc2)c1. The molecule has 0 aliphatic carbocycles. The number of hydrogen-bond acceptors (Lipinski definition) is 3. The van der Waals surface area contributed by atoms with Crippen molar-refractivity contribution in [2.75, 3.05) is 11.9 Å². The van der Waals surface area contributed by atoms with Crippen LogP contribution in [0.1, 0.15) is 18.4 Å². The minimum atomic E-state index is -0.0749. The van der Waals surface area contributed by atoms with Crippen LogP contribution in [0.5, 0.6) is 5.75 Å². The summed E-state index contributed by atoms with van der Waals surface area (Å²) in [6.07, 6.45) is 1.47. The van der Waals surface area contributed by atoms with Crippen molar-refractivity contribution in [3.05, 3.63) is 84.4 Å². The Bertz CT molecular complexity index is 944. The van der Waals surface area contributed by atoms with Gasteiger partial charge in [0.05, 0.1) is 19.1 Å². The van der Waals surface area contributed by atoms with Crippen LogP contribution >= 0.6 is 0 Å². The van der Waals surface area contributed by atoms with E-state index < -0.39 is 0 Å². The summed E-state index contributed by atoms with van der Waals surface area (Å²) in [5.74, 6) is 0.608. The Morgan fingerprint density at radius 2 is 1.68 bits per heavy atom. The van der Waals surface area contributed by atoms with Gasteiger partial charge < -0.3 is 10.1 Å². The zero-order valence-electron chi connectivity index (χ0n) is 15.6. The lowest BCUT2D eigenvalue weighted by Gasteiger charge is -2.09. The van der Waals surface area contributed by atoms with Gasteiger partial charge in [-0.15, -0.1) is 0 Å². The van der Waals surface area contributed by atoms with Crippen molar-refractivity contribution in [1.82, 2.24) is 0 Å². The number of nitrogens with one attached hydrogen (secondary N) is 1. The first-order chi connectivity index (χ1) is 13.7. The van der Waals surface area contributed by atoms with Crippen LogP contribution in [0.15, 0.2) is 78.9 Å². The molecule has 0 aliphatic heterocycles. The van der Waals surface area contributed by atoms with E-state index in [1.54, 1.807) is 6.07 Å². The maximum atomic E-state index is 12.4. The fraction of sp³-hybridized carbons (Fsp3) is 0.167. The number of nitriles is 1. The van der Waals surface area contributed by atoms with Gasteiger partial charge in [0.15, 0.2) is 0 Å². The second kappa shape index (κ2) is 9.94. The normalized spacial score (nSPS) is 10.1. The van der Waals surface area contributed by atoms with Crippen molar-refractivity contribution >= 4 is 11.6 Å². The zero-order valence-corrected chi connectivity index (χ0v) is 15.6. The van der Waals surface area contributed by atoms with Gasteiger partial charge in [0, 0.05) is 18.2 Å². The fourth-order valence-corrected chi connectivity index (χ4v) is 2.84. The van der Waals surface area contributed by atoms with Crippen molar-refractivity contribution < 1.29 is 9.53 Å². The van der Waals surface area contributed by atoms with E-state index in [-0.39, 0.29) is 5.91 Å². The van der Waals surface area contributed by atoms with Crippen molar-refractivity contribution in [2.24, 2.45) is 0 Å². The minimum absolute atomic E-state index is 0.0749. The number of nitrogens with zero attached hydrogens (tertiary/aromatic N) is 1.